The Morgan fingerprint density at radius 3 is 2.58 bits per heavy atom. The van der Waals surface area contributed by atoms with Crippen LogP contribution in [0.25, 0.3) is 0 Å². The summed E-state index contributed by atoms with van der Waals surface area (Å²) in [5, 5.41) is 13.8. The number of aromatic hydroxyl groups is 1. The number of carbonyl (C=O) groups excluding carboxylic acids is 1. The van der Waals surface area contributed by atoms with Gasteiger partial charge >= 0.3 is 6.09 Å². The third-order valence-corrected chi connectivity index (χ3v) is 9.21. The van der Waals surface area contributed by atoms with E-state index in [9.17, 15) is 18.3 Å². The van der Waals surface area contributed by atoms with Gasteiger partial charge in [0.2, 0.25) is 0 Å². The first-order valence-corrected chi connectivity index (χ1v) is 14.6. The lowest BCUT2D eigenvalue weighted by Crippen LogP contribution is -2.41. The molecule has 0 saturated heterocycles. The molecule has 10 heteroatoms. The molecular formula is C30H31FN2O6S. The minimum Gasteiger partial charge on any atom is -0.506 e. The Balaban J connectivity index is 1.69. The number of amides is 1. The van der Waals surface area contributed by atoms with Crippen LogP contribution in [0.1, 0.15) is 44.4 Å². The van der Waals surface area contributed by atoms with Crippen molar-refractivity contribution in [1.82, 2.24) is 0 Å². The second kappa shape index (κ2) is 10.5. The first-order chi connectivity index (χ1) is 19.0. The molecule has 0 spiro atoms. The standard InChI is InChI=1S/C30H31FN2O6S/c1-4-38-29(35)33-24-11-8-12-25(34)26(24)32-23-16-30(2,3)18-40(36,37)28(23)27(33)21-14-13-20(15-22(21)31)39-17-19-9-6-5-7-10-19/h5-15,27,32,34H,4,16-18H2,1-3H3. The summed E-state index contributed by atoms with van der Waals surface area (Å²) in [5.41, 5.74) is 0.800. The number of hydrogen-bond acceptors (Lipinski definition) is 7. The molecule has 0 aromatic heterocycles. The van der Waals surface area contributed by atoms with Gasteiger partial charge in [-0.25, -0.2) is 17.6 Å². The Labute approximate surface area is 233 Å². The zero-order valence-corrected chi connectivity index (χ0v) is 23.3. The van der Waals surface area contributed by atoms with Crippen molar-refractivity contribution in [2.45, 2.75) is 39.8 Å². The van der Waals surface area contributed by atoms with Crippen molar-refractivity contribution < 1.29 is 32.2 Å². The molecule has 0 aliphatic carbocycles. The molecule has 1 amide bonds. The molecule has 1 atom stereocenters. The van der Waals surface area contributed by atoms with E-state index in [1.165, 1.54) is 24.3 Å². The molecule has 8 nitrogen and oxygen atoms in total. The van der Waals surface area contributed by atoms with E-state index >= 15 is 4.39 Å². The molecule has 40 heavy (non-hydrogen) atoms. The molecule has 0 fully saturated rings. The number of sulfone groups is 1. The molecule has 2 heterocycles. The number of para-hydroxylation sites is 1. The molecule has 0 saturated carbocycles. The van der Waals surface area contributed by atoms with Gasteiger partial charge in [0.05, 0.1) is 23.0 Å². The Hall–Kier alpha value is -4.05. The van der Waals surface area contributed by atoms with E-state index in [4.69, 9.17) is 9.47 Å². The fourth-order valence-corrected chi connectivity index (χ4v) is 7.70. The van der Waals surface area contributed by atoms with Crippen molar-refractivity contribution in [2.75, 3.05) is 22.6 Å². The van der Waals surface area contributed by atoms with Crippen molar-refractivity contribution >= 4 is 27.3 Å². The Morgan fingerprint density at radius 2 is 1.88 bits per heavy atom. The summed E-state index contributed by atoms with van der Waals surface area (Å²) in [6.07, 6.45) is -0.582. The minimum atomic E-state index is -4.01. The summed E-state index contributed by atoms with van der Waals surface area (Å²) in [6, 6.07) is 16.7. The number of hydrogen-bond donors (Lipinski definition) is 2. The Morgan fingerprint density at radius 1 is 1.12 bits per heavy atom. The van der Waals surface area contributed by atoms with Crippen molar-refractivity contribution in [1.29, 1.82) is 0 Å². The fourth-order valence-electron chi connectivity index (χ4n) is 5.34. The number of carbonyl (C=O) groups is 1. The molecular weight excluding hydrogens is 535 g/mol. The Kier molecular flexibility index (Phi) is 7.22. The van der Waals surface area contributed by atoms with Gasteiger partial charge in [-0.15, -0.1) is 0 Å². The Bertz CT molecular complexity index is 1590. The van der Waals surface area contributed by atoms with Crippen LogP contribution >= 0.6 is 0 Å². The number of fused-ring (bicyclic) bond motifs is 1. The van der Waals surface area contributed by atoms with Gasteiger partial charge in [-0.1, -0.05) is 50.2 Å². The summed E-state index contributed by atoms with van der Waals surface area (Å²) in [4.78, 5) is 14.5. The van der Waals surface area contributed by atoms with Gasteiger partial charge < -0.3 is 19.9 Å². The smallest absolute Gasteiger partial charge is 0.415 e. The van der Waals surface area contributed by atoms with Crippen LogP contribution in [0.2, 0.25) is 0 Å². The maximum absolute atomic E-state index is 16.0. The van der Waals surface area contributed by atoms with Crippen molar-refractivity contribution in [3.05, 3.63) is 94.3 Å². The molecule has 0 bridgehead atoms. The van der Waals surface area contributed by atoms with Crippen LogP contribution in [0, 0.1) is 11.2 Å². The number of phenols is 1. The molecule has 1 unspecified atom stereocenters. The van der Waals surface area contributed by atoms with Crippen LogP contribution in [-0.4, -0.2) is 32.0 Å². The topological polar surface area (TPSA) is 105 Å². The van der Waals surface area contributed by atoms with Crippen molar-refractivity contribution in [2.24, 2.45) is 5.41 Å². The number of allylic oxidation sites excluding steroid dienone is 1. The van der Waals surface area contributed by atoms with E-state index in [-0.39, 0.29) is 52.3 Å². The average Bonchev–Trinajstić information content (AvgIpc) is 3.03. The third kappa shape index (κ3) is 5.23. The van der Waals surface area contributed by atoms with Crippen molar-refractivity contribution in [3.63, 3.8) is 0 Å². The van der Waals surface area contributed by atoms with E-state index in [2.05, 4.69) is 5.32 Å². The largest absolute Gasteiger partial charge is 0.506 e. The maximum Gasteiger partial charge on any atom is 0.415 e. The molecule has 3 aromatic rings. The predicted molar refractivity (Wildman–Crippen MR) is 150 cm³/mol. The lowest BCUT2D eigenvalue weighted by Gasteiger charge is -2.37. The van der Waals surface area contributed by atoms with Crippen LogP contribution in [0.4, 0.5) is 20.6 Å². The number of nitrogens with one attached hydrogen (secondary N) is 1. The fraction of sp³-hybridized carbons (Fsp3) is 0.300. The first kappa shape index (κ1) is 27.5. The summed E-state index contributed by atoms with van der Waals surface area (Å²) < 4.78 is 54.9. The van der Waals surface area contributed by atoms with Gasteiger partial charge in [0.15, 0.2) is 9.84 Å². The predicted octanol–water partition coefficient (Wildman–Crippen LogP) is 6.30. The first-order valence-electron chi connectivity index (χ1n) is 13.0. The van der Waals surface area contributed by atoms with E-state index < -0.39 is 33.2 Å². The van der Waals surface area contributed by atoms with Crippen LogP contribution in [-0.2, 0) is 21.2 Å². The number of rotatable bonds is 5. The highest BCUT2D eigenvalue weighted by atomic mass is 32.2. The van der Waals surface area contributed by atoms with Crippen LogP contribution in [0.3, 0.4) is 0 Å². The number of ether oxygens (including phenoxy) is 2. The number of phenolic OH excluding ortho intramolecular Hbond substituents is 1. The monoisotopic (exact) mass is 566 g/mol. The highest BCUT2D eigenvalue weighted by Crippen LogP contribution is 2.51. The van der Waals surface area contributed by atoms with Crippen LogP contribution in [0.5, 0.6) is 11.5 Å². The SMILES string of the molecule is CCOC(=O)N1c2cccc(O)c2NC2=C(C1c1ccc(OCc3ccccc3)cc1F)S(=O)(=O)CC(C)(C)C2. The van der Waals surface area contributed by atoms with Crippen molar-refractivity contribution in [3.8, 4) is 11.5 Å². The highest BCUT2D eigenvalue weighted by molar-refractivity contribution is 7.95. The van der Waals surface area contributed by atoms with Gasteiger partial charge in [-0.3, -0.25) is 4.90 Å². The molecule has 0 radical (unpaired) electrons. The molecule has 5 rings (SSSR count). The number of anilines is 2. The molecule has 210 valence electrons. The zero-order valence-electron chi connectivity index (χ0n) is 22.5. The summed E-state index contributed by atoms with van der Waals surface area (Å²) in [7, 11) is -4.01. The van der Waals surface area contributed by atoms with E-state index in [0.717, 1.165) is 10.5 Å². The third-order valence-electron chi connectivity index (χ3n) is 6.91. The second-order valence-electron chi connectivity index (χ2n) is 10.7. The van der Waals surface area contributed by atoms with Gasteiger partial charge in [0.25, 0.3) is 0 Å². The molecule has 2 aliphatic heterocycles. The van der Waals surface area contributed by atoms with Gasteiger partial charge in [-0.2, -0.15) is 0 Å². The quantitative estimate of drug-likeness (QED) is 0.350. The van der Waals surface area contributed by atoms with Crippen LogP contribution in [0.15, 0.2) is 77.3 Å². The molecule has 2 aliphatic rings. The summed E-state index contributed by atoms with van der Waals surface area (Å²) in [5.74, 6) is -0.888. The lowest BCUT2D eigenvalue weighted by molar-refractivity contribution is 0.158. The van der Waals surface area contributed by atoms with E-state index in [1.807, 2.05) is 44.2 Å². The number of halogens is 1. The molecule has 2 N–H and O–H groups in total. The van der Waals surface area contributed by atoms with Gasteiger partial charge in [-0.05, 0) is 48.6 Å². The number of benzene rings is 3. The average molecular weight is 567 g/mol. The highest BCUT2D eigenvalue weighted by Gasteiger charge is 2.48. The van der Waals surface area contributed by atoms with Gasteiger partial charge in [0.1, 0.15) is 35.7 Å². The summed E-state index contributed by atoms with van der Waals surface area (Å²) >= 11 is 0. The van der Waals surface area contributed by atoms with E-state index in [0.29, 0.717) is 12.1 Å². The minimum absolute atomic E-state index is 0.00403. The lowest BCUT2D eigenvalue weighted by atomic mass is 9.88. The zero-order chi connectivity index (χ0) is 28.7. The van der Waals surface area contributed by atoms with E-state index in [1.54, 1.807) is 19.1 Å². The second-order valence-corrected chi connectivity index (χ2v) is 12.6. The normalized spacial score (nSPS) is 19.1. The van der Waals surface area contributed by atoms with Crippen LogP contribution < -0.4 is 15.0 Å². The molecule has 3 aromatic carbocycles. The maximum atomic E-state index is 16.0. The summed E-state index contributed by atoms with van der Waals surface area (Å²) in [6.45, 7) is 5.49. The number of nitrogens with zero attached hydrogens (tertiary/aromatic N) is 1. The van der Waals surface area contributed by atoms with Gasteiger partial charge in [0, 0.05) is 17.3 Å².